The van der Waals surface area contributed by atoms with Crippen molar-refractivity contribution in [1.29, 1.82) is 0 Å². The zero-order valence-electron chi connectivity index (χ0n) is 12.8. The number of nitrogens with zero attached hydrogens (tertiary/aromatic N) is 2. The monoisotopic (exact) mass is 325 g/mol. The molecule has 0 aliphatic carbocycles. The third-order valence-electron chi connectivity index (χ3n) is 2.86. The maximum Gasteiger partial charge on any atom is 0.328 e. The van der Waals surface area contributed by atoms with Gasteiger partial charge in [-0.15, -0.1) is 0 Å². The van der Waals surface area contributed by atoms with Crippen molar-refractivity contribution in [3.63, 3.8) is 0 Å². The Morgan fingerprint density at radius 1 is 1.04 bits per heavy atom. The largest absolute Gasteiger partial charge is 0.494 e. The molecule has 2 aromatic carbocycles. The topological polar surface area (TPSA) is 100 Å². The Morgan fingerprint density at radius 3 is 2.42 bits per heavy atom. The molecule has 0 heterocycles. The van der Waals surface area contributed by atoms with E-state index in [1.54, 1.807) is 18.2 Å². The molecule has 2 N–H and O–H groups in total. The van der Waals surface area contributed by atoms with Crippen LogP contribution in [0.15, 0.2) is 70.9 Å². The summed E-state index contributed by atoms with van der Waals surface area (Å²) in [6, 6.07) is 14.1. The molecule has 7 heteroatoms. The molecule has 1 amide bonds. The highest BCUT2D eigenvalue weighted by Gasteiger charge is 2.07. The van der Waals surface area contributed by atoms with Crippen LogP contribution in [0.2, 0.25) is 0 Å². The van der Waals surface area contributed by atoms with Crippen molar-refractivity contribution >= 4 is 28.9 Å². The summed E-state index contributed by atoms with van der Waals surface area (Å²) in [7, 11) is 1.45. The van der Waals surface area contributed by atoms with E-state index in [-0.39, 0.29) is 0 Å². The third-order valence-corrected chi connectivity index (χ3v) is 2.86. The van der Waals surface area contributed by atoms with Gasteiger partial charge >= 0.3 is 5.97 Å². The molecule has 7 nitrogen and oxygen atoms in total. The number of carboxylic acids is 1. The van der Waals surface area contributed by atoms with Gasteiger partial charge in [-0.3, -0.25) is 4.79 Å². The van der Waals surface area contributed by atoms with E-state index in [9.17, 15) is 9.59 Å². The summed E-state index contributed by atoms with van der Waals surface area (Å²) in [5.41, 5.74) is 1.67. The second-order valence-corrected chi connectivity index (χ2v) is 4.58. The minimum atomic E-state index is -1.20. The molecular formula is C17H15N3O4. The lowest BCUT2D eigenvalue weighted by Crippen LogP contribution is -2.09. The van der Waals surface area contributed by atoms with Crippen LogP contribution in [0.4, 0.5) is 17.1 Å². The number of carboxylic acid groups (broad SMARTS) is 1. The van der Waals surface area contributed by atoms with Crippen LogP contribution in [-0.2, 0) is 9.59 Å². The van der Waals surface area contributed by atoms with Gasteiger partial charge in [0.05, 0.1) is 24.2 Å². The fraction of sp³-hybridized carbons (Fsp3) is 0.0588. The lowest BCUT2D eigenvalue weighted by molar-refractivity contribution is -0.131. The zero-order valence-corrected chi connectivity index (χ0v) is 12.8. The maximum absolute atomic E-state index is 11.6. The number of methoxy groups -OCH3 is 1. The molecule has 0 radical (unpaired) electrons. The highest BCUT2D eigenvalue weighted by Crippen LogP contribution is 2.30. The van der Waals surface area contributed by atoms with Crippen molar-refractivity contribution in [2.45, 2.75) is 0 Å². The number of azo groups is 1. The molecule has 0 bridgehead atoms. The highest BCUT2D eigenvalue weighted by atomic mass is 16.5. The second-order valence-electron chi connectivity index (χ2n) is 4.58. The lowest BCUT2D eigenvalue weighted by atomic mass is 10.2. The Labute approximate surface area is 138 Å². The van der Waals surface area contributed by atoms with E-state index in [1.807, 2.05) is 30.3 Å². The second kappa shape index (κ2) is 8.23. The third kappa shape index (κ3) is 5.06. The molecule has 0 aliphatic rings. The van der Waals surface area contributed by atoms with Crippen LogP contribution in [0.1, 0.15) is 0 Å². The number of hydrogen-bond acceptors (Lipinski definition) is 5. The van der Waals surface area contributed by atoms with E-state index >= 15 is 0 Å². The van der Waals surface area contributed by atoms with Gasteiger partial charge in [-0.25, -0.2) is 4.79 Å². The average Bonchev–Trinajstić information content (AvgIpc) is 2.60. The summed E-state index contributed by atoms with van der Waals surface area (Å²) < 4.78 is 5.21. The minimum absolute atomic E-state index is 0.386. The van der Waals surface area contributed by atoms with Crippen LogP contribution in [0.25, 0.3) is 0 Å². The minimum Gasteiger partial charge on any atom is -0.494 e. The summed E-state index contributed by atoms with van der Waals surface area (Å²) in [6.07, 6.45) is 1.68. The van der Waals surface area contributed by atoms with Gasteiger partial charge in [0.1, 0.15) is 5.75 Å². The van der Waals surface area contributed by atoms with Crippen LogP contribution in [0.5, 0.6) is 5.75 Å². The maximum atomic E-state index is 11.6. The van der Waals surface area contributed by atoms with Gasteiger partial charge in [-0.2, -0.15) is 10.2 Å². The van der Waals surface area contributed by atoms with Gasteiger partial charge in [-0.05, 0) is 24.3 Å². The molecule has 0 saturated heterocycles. The van der Waals surface area contributed by atoms with Gasteiger partial charge in [0.2, 0.25) is 5.91 Å². The number of carbonyl (C=O) groups is 2. The van der Waals surface area contributed by atoms with Crippen LogP contribution >= 0.6 is 0 Å². The van der Waals surface area contributed by atoms with Crippen LogP contribution < -0.4 is 10.1 Å². The number of rotatable bonds is 6. The van der Waals surface area contributed by atoms with Gasteiger partial charge in [-0.1, -0.05) is 18.2 Å². The molecule has 24 heavy (non-hydrogen) atoms. The van der Waals surface area contributed by atoms with Crippen LogP contribution in [0, 0.1) is 0 Å². The quantitative estimate of drug-likeness (QED) is 0.624. The summed E-state index contributed by atoms with van der Waals surface area (Å²) in [6.45, 7) is 0. The molecule has 0 fully saturated rings. The fourth-order valence-corrected chi connectivity index (χ4v) is 1.78. The Kier molecular flexibility index (Phi) is 5.79. The number of amides is 1. The first-order valence-electron chi connectivity index (χ1n) is 6.95. The predicted molar refractivity (Wildman–Crippen MR) is 89.0 cm³/mol. The summed E-state index contributed by atoms with van der Waals surface area (Å²) in [5, 5.41) is 19.2. The van der Waals surface area contributed by atoms with E-state index < -0.39 is 11.9 Å². The molecule has 2 aromatic rings. The molecule has 122 valence electrons. The molecule has 0 aromatic heterocycles. The van der Waals surface area contributed by atoms with Gasteiger partial charge in [0.15, 0.2) is 0 Å². The smallest absolute Gasteiger partial charge is 0.328 e. The number of nitrogens with one attached hydrogen (secondary N) is 1. The lowest BCUT2D eigenvalue weighted by Gasteiger charge is -2.09. The molecule has 2 rings (SSSR count). The summed E-state index contributed by atoms with van der Waals surface area (Å²) in [4.78, 5) is 22.0. The predicted octanol–water partition coefficient (Wildman–Crippen LogP) is 3.69. The van der Waals surface area contributed by atoms with Crippen molar-refractivity contribution in [2.75, 3.05) is 12.4 Å². The van der Waals surface area contributed by atoms with Gasteiger partial charge < -0.3 is 15.2 Å². The van der Waals surface area contributed by atoms with Crippen LogP contribution in [-0.4, -0.2) is 24.1 Å². The summed E-state index contributed by atoms with van der Waals surface area (Å²) in [5.74, 6) is -1.39. The number of benzene rings is 2. The molecule has 0 unspecified atom stereocenters. The SMILES string of the molecule is COc1cc(N=Nc2ccccc2)ccc1NC(=O)C=CC(=O)O. The van der Waals surface area contributed by atoms with Crippen molar-refractivity contribution < 1.29 is 19.4 Å². The number of ether oxygens (including phenoxy) is 1. The van der Waals surface area contributed by atoms with E-state index in [4.69, 9.17) is 9.84 Å². The van der Waals surface area contributed by atoms with Crippen molar-refractivity contribution in [2.24, 2.45) is 10.2 Å². The first-order chi connectivity index (χ1) is 11.6. The number of hydrogen-bond donors (Lipinski definition) is 2. The van der Waals surface area contributed by atoms with E-state index in [0.29, 0.717) is 22.8 Å². The molecular weight excluding hydrogens is 310 g/mol. The first-order valence-corrected chi connectivity index (χ1v) is 6.95. The molecule has 0 aliphatic heterocycles. The Balaban J connectivity index is 2.14. The zero-order chi connectivity index (χ0) is 17.4. The standard InChI is InChI=1S/C17H15N3O4/c1-24-15-11-13(20-19-12-5-3-2-4-6-12)7-8-14(15)18-16(21)9-10-17(22)23/h2-11H,1H3,(H,18,21)(H,22,23). The number of aliphatic carboxylic acids is 1. The van der Waals surface area contributed by atoms with E-state index in [0.717, 1.165) is 12.2 Å². The Hall–Kier alpha value is -3.48. The number of anilines is 1. The van der Waals surface area contributed by atoms with Crippen LogP contribution in [0.3, 0.4) is 0 Å². The Bertz CT molecular complexity index is 786. The van der Waals surface area contributed by atoms with Gasteiger partial charge in [0.25, 0.3) is 0 Å². The van der Waals surface area contributed by atoms with E-state index in [1.165, 1.54) is 7.11 Å². The van der Waals surface area contributed by atoms with Gasteiger partial charge in [0, 0.05) is 18.2 Å². The van der Waals surface area contributed by atoms with Crippen molar-refractivity contribution in [3.8, 4) is 5.75 Å². The summed E-state index contributed by atoms with van der Waals surface area (Å²) >= 11 is 0. The molecule has 0 spiro atoms. The molecule has 0 saturated carbocycles. The van der Waals surface area contributed by atoms with E-state index in [2.05, 4.69) is 15.5 Å². The highest BCUT2D eigenvalue weighted by molar-refractivity contribution is 6.03. The first kappa shape index (κ1) is 16.9. The fourth-order valence-electron chi connectivity index (χ4n) is 1.78. The Morgan fingerprint density at radius 2 is 1.75 bits per heavy atom. The number of carbonyl (C=O) groups excluding carboxylic acids is 1. The van der Waals surface area contributed by atoms with Crippen molar-refractivity contribution in [3.05, 3.63) is 60.7 Å². The average molecular weight is 325 g/mol. The molecule has 0 atom stereocenters. The van der Waals surface area contributed by atoms with Crippen molar-refractivity contribution in [1.82, 2.24) is 0 Å². The normalized spacial score (nSPS) is 10.9.